The summed E-state index contributed by atoms with van der Waals surface area (Å²) in [6.45, 7) is 0. The SMILES string of the molecule is O=C(O)c1ccc2nc(-c3ccccc3)c(C3CCc4ccccc4N3)nc2c1. The van der Waals surface area contributed by atoms with Crippen LogP contribution in [0.3, 0.4) is 0 Å². The molecule has 0 saturated carbocycles. The van der Waals surface area contributed by atoms with Gasteiger partial charge < -0.3 is 10.4 Å². The van der Waals surface area contributed by atoms with Crippen molar-refractivity contribution >= 4 is 22.7 Å². The molecule has 1 atom stereocenters. The molecular weight excluding hydrogens is 362 g/mol. The fraction of sp³-hybridized carbons (Fsp3) is 0.125. The first-order valence-corrected chi connectivity index (χ1v) is 9.64. The molecule has 2 heterocycles. The van der Waals surface area contributed by atoms with Crippen molar-refractivity contribution < 1.29 is 9.90 Å². The molecule has 0 bridgehead atoms. The average Bonchev–Trinajstić information content (AvgIpc) is 2.78. The Morgan fingerprint density at radius 1 is 0.931 bits per heavy atom. The Kier molecular flexibility index (Phi) is 4.21. The van der Waals surface area contributed by atoms with Crippen LogP contribution in [0.2, 0.25) is 0 Å². The molecule has 0 saturated heterocycles. The zero-order valence-electron chi connectivity index (χ0n) is 15.7. The molecule has 0 aliphatic carbocycles. The van der Waals surface area contributed by atoms with Crippen molar-refractivity contribution in [3.8, 4) is 11.3 Å². The number of aromatic nitrogens is 2. The van der Waals surface area contributed by atoms with Crippen LogP contribution < -0.4 is 5.32 Å². The second kappa shape index (κ2) is 7.02. The molecule has 2 N–H and O–H groups in total. The smallest absolute Gasteiger partial charge is 0.335 e. The van der Waals surface area contributed by atoms with Crippen LogP contribution in [-0.2, 0) is 6.42 Å². The zero-order valence-corrected chi connectivity index (χ0v) is 15.7. The average molecular weight is 381 g/mol. The number of carboxylic acids is 1. The number of fused-ring (bicyclic) bond motifs is 2. The lowest BCUT2D eigenvalue weighted by Crippen LogP contribution is -2.20. The van der Waals surface area contributed by atoms with Crippen LogP contribution >= 0.6 is 0 Å². The van der Waals surface area contributed by atoms with E-state index in [4.69, 9.17) is 9.97 Å². The number of nitrogens with zero attached hydrogens (tertiary/aromatic N) is 2. The van der Waals surface area contributed by atoms with E-state index in [1.807, 2.05) is 36.4 Å². The molecule has 142 valence electrons. The number of nitrogens with one attached hydrogen (secondary N) is 1. The second-order valence-corrected chi connectivity index (χ2v) is 7.22. The maximum Gasteiger partial charge on any atom is 0.335 e. The van der Waals surface area contributed by atoms with E-state index in [1.165, 1.54) is 5.56 Å². The normalized spacial score (nSPS) is 15.5. The summed E-state index contributed by atoms with van der Waals surface area (Å²) in [4.78, 5) is 21.2. The van der Waals surface area contributed by atoms with E-state index < -0.39 is 5.97 Å². The predicted octanol–water partition coefficient (Wildman–Crippen LogP) is 5.09. The van der Waals surface area contributed by atoms with Gasteiger partial charge in [-0.15, -0.1) is 0 Å². The van der Waals surface area contributed by atoms with Gasteiger partial charge in [-0.05, 0) is 42.7 Å². The molecular formula is C24H19N3O2. The summed E-state index contributed by atoms with van der Waals surface area (Å²) < 4.78 is 0. The van der Waals surface area contributed by atoms with Crippen molar-refractivity contribution in [2.45, 2.75) is 18.9 Å². The van der Waals surface area contributed by atoms with Crippen molar-refractivity contribution in [2.75, 3.05) is 5.32 Å². The number of para-hydroxylation sites is 1. The van der Waals surface area contributed by atoms with Gasteiger partial charge in [-0.1, -0.05) is 48.5 Å². The summed E-state index contributed by atoms with van der Waals surface area (Å²) in [7, 11) is 0. The van der Waals surface area contributed by atoms with Crippen molar-refractivity contribution in [3.05, 3.63) is 89.6 Å². The van der Waals surface area contributed by atoms with E-state index in [2.05, 4.69) is 23.5 Å². The minimum absolute atomic E-state index is 0.00508. The van der Waals surface area contributed by atoms with Crippen LogP contribution in [0.5, 0.6) is 0 Å². The van der Waals surface area contributed by atoms with Crippen LogP contribution in [0.4, 0.5) is 5.69 Å². The molecule has 3 aromatic carbocycles. The van der Waals surface area contributed by atoms with Crippen LogP contribution in [0.25, 0.3) is 22.3 Å². The number of hydrogen-bond acceptors (Lipinski definition) is 4. The van der Waals surface area contributed by atoms with Gasteiger partial charge in [0.15, 0.2) is 0 Å². The first-order chi connectivity index (χ1) is 14.2. The van der Waals surface area contributed by atoms with Crippen LogP contribution in [-0.4, -0.2) is 21.0 Å². The molecule has 29 heavy (non-hydrogen) atoms. The Bertz CT molecular complexity index is 1220. The Morgan fingerprint density at radius 3 is 2.55 bits per heavy atom. The van der Waals surface area contributed by atoms with Gasteiger partial charge in [0.2, 0.25) is 0 Å². The minimum Gasteiger partial charge on any atom is -0.478 e. The molecule has 0 fully saturated rings. The fourth-order valence-corrected chi connectivity index (χ4v) is 3.90. The van der Waals surface area contributed by atoms with Crippen LogP contribution in [0.1, 0.15) is 34.1 Å². The Labute approximate surface area is 168 Å². The molecule has 1 aliphatic heterocycles. The molecule has 5 heteroatoms. The maximum atomic E-state index is 11.4. The lowest BCUT2D eigenvalue weighted by Gasteiger charge is -2.28. The van der Waals surface area contributed by atoms with Gasteiger partial charge in [0, 0.05) is 11.3 Å². The number of carboxylic acid groups (broad SMARTS) is 1. The van der Waals surface area contributed by atoms with Gasteiger partial charge in [0.25, 0.3) is 0 Å². The van der Waals surface area contributed by atoms with Gasteiger partial charge in [0.1, 0.15) is 0 Å². The topological polar surface area (TPSA) is 75.1 Å². The highest BCUT2D eigenvalue weighted by molar-refractivity contribution is 5.92. The van der Waals surface area contributed by atoms with E-state index in [0.717, 1.165) is 35.5 Å². The van der Waals surface area contributed by atoms with Crippen molar-refractivity contribution in [2.24, 2.45) is 0 Å². The molecule has 5 nitrogen and oxygen atoms in total. The number of benzene rings is 3. The lowest BCUT2D eigenvalue weighted by molar-refractivity contribution is 0.0697. The highest BCUT2D eigenvalue weighted by Gasteiger charge is 2.24. The lowest BCUT2D eigenvalue weighted by atomic mass is 9.93. The molecule has 1 aromatic heterocycles. The molecule has 4 aromatic rings. The van der Waals surface area contributed by atoms with E-state index in [9.17, 15) is 9.90 Å². The largest absolute Gasteiger partial charge is 0.478 e. The fourth-order valence-electron chi connectivity index (χ4n) is 3.90. The molecule has 0 radical (unpaired) electrons. The molecule has 1 aliphatic rings. The second-order valence-electron chi connectivity index (χ2n) is 7.22. The molecule has 0 amide bonds. The zero-order chi connectivity index (χ0) is 19.8. The van der Waals surface area contributed by atoms with E-state index in [-0.39, 0.29) is 11.6 Å². The minimum atomic E-state index is -0.966. The van der Waals surface area contributed by atoms with Crippen LogP contribution in [0, 0.1) is 0 Å². The first kappa shape index (κ1) is 17.4. The van der Waals surface area contributed by atoms with Gasteiger partial charge in [0.05, 0.1) is 34.0 Å². The Morgan fingerprint density at radius 2 is 1.72 bits per heavy atom. The summed E-state index contributed by atoms with van der Waals surface area (Å²) in [5, 5.41) is 13.0. The third-order valence-electron chi connectivity index (χ3n) is 5.36. The van der Waals surface area contributed by atoms with Gasteiger partial charge in [-0.3, -0.25) is 0 Å². The van der Waals surface area contributed by atoms with E-state index in [0.29, 0.717) is 11.0 Å². The monoisotopic (exact) mass is 381 g/mol. The van der Waals surface area contributed by atoms with Crippen molar-refractivity contribution in [1.29, 1.82) is 0 Å². The third-order valence-corrected chi connectivity index (χ3v) is 5.36. The summed E-state index contributed by atoms with van der Waals surface area (Å²) in [5.41, 5.74) is 6.59. The molecule has 1 unspecified atom stereocenters. The Hall–Kier alpha value is -3.73. The quantitative estimate of drug-likeness (QED) is 0.517. The maximum absolute atomic E-state index is 11.4. The highest BCUT2D eigenvalue weighted by Crippen LogP contribution is 2.36. The number of anilines is 1. The number of carbonyl (C=O) groups is 1. The summed E-state index contributed by atoms with van der Waals surface area (Å²) in [6, 6.07) is 23.2. The van der Waals surface area contributed by atoms with Crippen molar-refractivity contribution in [1.82, 2.24) is 9.97 Å². The number of rotatable bonds is 3. The van der Waals surface area contributed by atoms with E-state index in [1.54, 1.807) is 18.2 Å². The Balaban J connectivity index is 1.68. The number of aromatic carboxylic acids is 1. The summed E-state index contributed by atoms with van der Waals surface area (Å²) >= 11 is 0. The number of aryl methyl sites for hydroxylation is 1. The summed E-state index contributed by atoms with van der Waals surface area (Å²) in [6.07, 6.45) is 1.85. The van der Waals surface area contributed by atoms with E-state index >= 15 is 0 Å². The van der Waals surface area contributed by atoms with Gasteiger partial charge in [-0.25, -0.2) is 14.8 Å². The first-order valence-electron chi connectivity index (χ1n) is 9.64. The highest BCUT2D eigenvalue weighted by atomic mass is 16.4. The summed E-state index contributed by atoms with van der Waals surface area (Å²) in [5.74, 6) is -0.966. The molecule has 5 rings (SSSR count). The van der Waals surface area contributed by atoms with Gasteiger partial charge >= 0.3 is 5.97 Å². The van der Waals surface area contributed by atoms with Crippen molar-refractivity contribution in [3.63, 3.8) is 0 Å². The standard InChI is InChI=1S/C24H19N3O2/c28-24(29)17-11-12-19-21(14-17)27-23(22(26-19)16-7-2-1-3-8-16)20-13-10-15-6-4-5-9-18(15)25-20/h1-9,11-12,14,20,25H,10,13H2,(H,28,29). The number of hydrogen-bond donors (Lipinski definition) is 2. The third kappa shape index (κ3) is 3.21. The predicted molar refractivity (Wildman–Crippen MR) is 113 cm³/mol. The molecule has 0 spiro atoms. The van der Waals surface area contributed by atoms with Gasteiger partial charge in [-0.2, -0.15) is 0 Å². The van der Waals surface area contributed by atoms with Crippen LogP contribution in [0.15, 0.2) is 72.8 Å².